The Morgan fingerprint density at radius 2 is 2.11 bits per heavy atom. The number of halogens is 1. The van der Waals surface area contributed by atoms with Crippen molar-refractivity contribution in [3.8, 4) is 0 Å². The summed E-state index contributed by atoms with van der Waals surface area (Å²) in [7, 11) is 0. The van der Waals surface area contributed by atoms with Crippen molar-refractivity contribution < 1.29 is 9.18 Å². The highest BCUT2D eigenvalue weighted by Crippen LogP contribution is 2.11. The number of H-pyrrole nitrogens is 1. The Balaban J connectivity index is 2.06. The van der Waals surface area contributed by atoms with Gasteiger partial charge in [0.15, 0.2) is 0 Å². The Hall–Kier alpha value is -2.17. The number of hydrogen-bond donors (Lipinski definition) is 2. The summed E-state index contributed by atoms with van der Waals surface area (Å²) in [6.07, 6.45) is 0. The quantitative estimate of drug-likeness (QED) is 0.891. The van der Waals surface area contributed by atoms with Crippen molar-refractivity contribution in [3.05, 3.63) is 52.1 Å². The van der Waals surface area contributed by atoms with Gasteiger partial charge in [-0.05, 0) is 38.0 Å². The smallest absolute Gasteiger partial charge is 0.255 e. The Labute approximate surface area is 111 Å². The molecule has 1 heterocycles. The molecule has 0 saturated heterocycles. The van der Waals surface area contributed by atoms with Gasteiger partial charge in [-0.25, -0.2) is 4.39 Å². The van der Waals surface area contributed by atoms with Crippen LogP contribution >= 0.6 is 0 Å². The molecule has 0 unspecified atom stereocenters. The van der Waals surface area contributed by atoms with E-state index in [0.717, 1.165) is 11.3 Å². The summed E-state index contributed by atoms with van der Waals surface area (Å²) in [5, 5.41) is 9.50. The molecule has 4 nitrogen and oxygen atoms in total. The standard InChI is InChI=1S/C14H16FN3O/c1-8-4-5-11(6-12(8)15)7-16-14(19)13-9(2)17-18-10(13)3/h4-6H,7H2,1-3H3,(H,16,19)(H,17,18). The molecule has 0 spiro atoms. The summed E-state index contributed by atoms with van der Waals surface area (Å²) in [6, 6.07) is 4.93. The fourth-order valence-electron chi connectivity index (χ4n) is 1.90. The Morgan fingerprint density at radius 3 is 2.68 bits per heavy atom. The Kier molecular flexibility index (Phi) is 3.64. The first-order valence-electron chi connectivity index (χ1n) is 6.04. The lowest BCUT2D eigenvalue weighted by Crippen LogP contribution is -2.24. The first-order chi connectivity index (χ1) is 8.99. The van der Waals surface area contributed by atoms with Crippen LogP contribution in [0.1, 0.15) is 32.9 Å². The number of hydrogen-bond acceptors (Lipinski definition) is 2. The van der Waals surface area contributed by atoms with Crippen molar-refractivity contribution in [2.24, 2.45) is 0 Å². The van der Waals surface area contributed by atoms with Gasteiger partial charge in [-0.1, -0.05) is 12.1 Å². The first-order valence-corrected chi connectivity index (χ1v) is 6.04. The molecule has 0 fully saturated rings. The zero-order chi connectivity index (χ0) is 14.0. The zero-order valence-corrected chi connectivity index (χ0v) is 11.2. The summed E-state index contributed by atoms with van der Waals surface area (Å²) >= 11 is 0. The lowest BCUT2D eigenvalue weighted by Gasteiger charge is -2.06. The number of nitrogens with zero attached hydrogens (tertiary/aromatic N) is 1. The summed E-state index contributed by atoms with van der Waals surface area (Å²) in [5.41, 5.74) is 3.26. The molecular formula is C14H16FN3O. The number of carbonyl (C=O) groups excluding carboxylic acids is 1. The van der Waals surface area contributed by atoms with Gasteiger partial charge in [0, 0.05) is 12.2 Å². The van der Waals surface area contributed by atoms with E-state index in [9.17, 15) is 9.18 Å². The van der Waals surface area contributed by atoms with Crippen molar-refractivity contribution >= 4 is 5.91 Å². The topological polar surface area (TPSA) is 57.8 Å². The zero-order valence-electron chi connectivity index (χ0n) is 11.2. The summed E-state index contributed by atoms with van der Waals surface area (Å²) in [4.78, 5) is 12.0. The molecule has 0 aliphatic heterocycles. The second kappa shape index (κ2) is 5.22. The third-order valence-corrected chi connectivity index (χ3v) is 3.04. The van der Waals surface area contributed by atoms with Crippen LogP contribution in [0.5, 0.6) is 0 Å². The summed E-state index contributed by atoms with van der Waals surface area (Å²) in [6.45, 7) is 5.56. The normalized spacial score (nSPS) is 10.5. The minimum atomic E-state index is -0.262. The third kappa shape index (κ3) is 2.81. The molecule has 2 aromatic rings. The Morgan fingerprint density at radius 1 is 1.37 bits per heavy atom. The molecule has 0 aliphatic rings. The van der Waals surface area contributed by atoms with Crippen LogP contribution < -0.4 is 5.32 Å². The highest BCUT2D eigenvalue weighted by atomic mass is 19.1. The van der Waals surface area contributed by atoms with Gasteiger partial charge in [0.2, 0.25) is 0 Å². The maximum Gasteiger partial charge on any atom is 0.255 e. The van der Waals surface area contributed by atoms with Gasteiger partial charge in [-0.15, -0.1) is 0 Å². The molecule has 1 aromatic carbocycles. The van der Waals surface area contributed by atoms with E-state index in [2.05, 4.69) is 15.5 Å². The number of aromatic amines is 1. The van der Waals surface area contributed by atoms with Gasteiger partial charge >= 0.3 is 0 Å². The van der Waals surface area contributed by atoms with E-state index in [1.165, 1.54) is 6.07 Å². The van der Waals surface area contributed by atoms with E-state index < -0.39 is 0 Å². The van der Waals surface area contributed by atoms with E-state index in [0.29, 0.717) is 23.4 Å². The predicted octanol–water partition coefficient (Wildman–Crippen LogP) is 2.40. The van der Waals surface area contributed by atoms with Crippen LogP contribution in [0.4, 0.5) is 4.39 Å². The fourth-order valence-corrected chi connectivity index (χ4v) is 1.90. The maximum atomic E-state index is 13.4. The minimum Gasteiger partial charge on any atom is -0.348 e. The number of benzene rings is 1. The van der Waals surface area contributed by atoms with Crippen molar-refractivity contribution in [2.75, 3.05) is 0 Å². The molecule has 0 atom stereocenters. The lowest BCUT2D eigenvalue weighted by molar-refractivity contribution is 0.0949. The van der Waals surface area contributed by atoms with Crippen LogP contribution in [-0.2, 0) is 6.54 Å². The number of carbonyl (C=O) groups is 1. The van der Waals surface area contributed by atoms with E-state index in [1.54, 1.807) is 32.9 Å². The summed E-state index contributed by atoms with van der Waals surface area (Å²) < 4.78 is 13.4. The van der Waals surface area contributed by atoms with Crippen molar-refractivity contribution in [1.29, 1.82) is 0 Å². The first kappa shape index (κ1) is 13.3. The molecule has 0 bridgehead atoms. The largest absolute Gasteiger partial charge is 0.348 e. The average Bonchev–Trinajstić information content (AvgIpc) is 2.70. The van der Waals surface area contributed by atoms with Gasteiger partial charge in [-0.2, -0.15) is 5.10 Å². The Bertz CT molecular complexity index is 600. The van der Waals surface area contributed by atoms with E-state index in [-0.39, 0.29) is 11.7 Å². The van der Waals surface area contributed by atoms with Crippen LogP contribution in [0, 0.1) is 26.6 Å². The number of aromatic nitrogens is 2. The summed E-state index contributed by atoms with van der Waals surface area (Å²) in [5.74, 6) is -0.466. The number of amides is 1. The van der Waals surface area contributed by atoms with Gasteiger partial charge in [0.25, 0.3) is 5.91 Å². The second-order valence-electron chi connectivity index (χ2n) is 4.58. The molecule has 5 heteroatoms. The minimum absolute atomic E-state index is 0.204. The average molecular weight is 261 g/mol. The number of nitrogens with one attached hydrogen (secondary N) is 2. The molecule has 19 heavy (non-hydrogen) atoms. The highest BCUT2D eigenvalue weighted by molar-refractivity contribution is 5.96. The monoisotopic (exact) mass is 261 g/mol. The van der Waals surface area contributed by atoms with Gasteiger partial charge < -0.3 is 5.32 Å². The van der Waals surface area contributed by atoms with E-state index in [4.69, 9.17) is 0 Å². The van der Waals surface area contributed by atoms with Crippen molar-refractivity contribution in [2.45, 2.75) is 27.3 Å². The molecule has 2 rings (SSSR count). The molecule has 2 N–H and O–H groups in total. The molecule has 1 aromatic heterocycles. The fraction of sp³-hybridized carbons (Fsp3) is 0.286. The molecular weight excluding hydrogens is 245 g/mol. The van der Waals surface area contributed by atoms with E-state index >= 15 is 0 Å². The van der Waals surface area contributed by atoms with Crippen LogP contribution in [0.2, 0.25) is 0 Å². The molecule has 0 saturated carbocycles. The molecule has 100 valence electrons. The number of rotatable bonds is 3. The van der Waals surface area contributed by atoms with Crippen molar-refractivity contribution in [1.82, 2.24) is 15.5 Å². The predicted molar refractivity (Wildman–Crippen MR) is 70.4 cm³/mol. The highest BCUT2D eigenvalue weighted by Gasteiger charge is 2.14. The second-order valence-corrected chi connectivity index (χ2v) is 4.58. The van der Waals surface area contributed by atoms with Crippen LogP contribution in [0.25, 0.3) is 0 Å². The molecule has 0 aliphatic carbocycles. The van der Waals surface area contributed by atoms with Crippen LogP contribution in [-0.4, -0.2) is 16.1 Å². The van der Waals surface area contributed by atoms with Crippen molar-refractivity contribution in [3.63, 3.8) is 0 Å². The lowest BCUT2D eigenvalue weighted by atomic mass is 10.1. The van der Waals surface area contributed by atoms with Gasteiger partial charge in [-0.3, -0.25) is 9.89 Å². The third-order valence-electron chi connectivity index (χ3n) is 3.04. The van der Waals surface area contributed by atoms with E-state index in [1.807, 2.05) is 0 Å². The van der Waals surface area contributed by atoms with Gasteiger partial charge in [0.1, 0.15) is 5.82 Å². The van der Waals surface area contributed by atoms with Gasteiger partial charge in [0.05, 0.1) is 11.3 Å². The number of aryl methyl sites for hydroxylation is 3. The maximum absolute atomic E-state index is 13.4. The SMILES string of the molecule is Cc1ccc(CNC(=O)c2c(C)n[nH]c2C)cc1F. The molecule has 0 radical (unpaired) electrons. The van der Waals surface area contributed by atoms with Crippen LogP contribution in [0.3, 0.4) is 0 Å². The van der Waals surface area contributed by atoms with Crippen LogP contribution in [0.15, 0.2) is 18.2 Å². The molecule has 1 amide bonds.